The highest BCUT2D eigenvalue weighted by Crippen LogP contribution is 2.31. The van der Waals surface area contributed by atoms with Gasteiger partial charge in [0.05, 0.1) is 18.2 Å². The number of rotatable bonds is 7. The Hall–Kier alpha value is -3.12. The molecule has 1 heterocycles. The molecule has 1 aliphatic heterocycles. The van der Waals surface area contributed by atoms with Crippen molar-refractivity contribution in [1.82, 2.24) is 4.31 Å². The number of nitrogens with zero attached hydrogens (tertiary/aromatic N) is 1. The van der Waals surface area contributed by atoms with Crippen LogP contribution in [0.25, 0.3) is 0 Å². The van der Waals surface area contributed by atoms with E-state index >= 15 is 0 Å². The molecule has 1 saturated heterocycles. The van der Waals surface area contributed by atoms with E-state index in [-0.39, 0.29) is 21.9 Å². The standard InChI is InChI=1S/C21H21F3N2O6S/c1-31-17-8-7-14(11-18(17)33(29,30)26-9-2-3-10-26)20(28)32-13-19(27)25-16-6-4-5-15(12-16)21(22,23)24/h4-8,11-12H,2-3,9-10,13H2,1H3,(H,25,27). The third-order valence-corrected chi connectivity index (χ3v) is 6.81. The average Bonchev–Trinajstić information content (AvgIpc) is 3.32. The number of carbonyl (C=O) groups is 2. The Morgan fingerprint density at radius 3 is 2.42 bits per heavy atom. The SMILES string of the molecule is COc1ccc(C(=O)OCC(=O)Nc2cccc(C(F)(F)F)c2)cc1S(=O)(=O)N1CCCC1. The number of benzene rings is 2. The quantitative estimate of drug-likeness (QED) is 0.603. The summed E-state index contributed by atoms with van der Waals surface area (Å²) in [4.78, 5) is 24.2. The van der Waals surface area contributed by atoms with Gasteiger partial charge in [0.1, 0.15) is 10.6 Å². The van der Waals surface area contributed by atoms with Gasteiger partial charge >= 0.3 is 12.1 Å². The van der Waals surface area contributed by atoms with Gasteiger partial charge in [0.25, 0.3) is 5.91 Å². The molecule has 0 saturated carbocycles. The highest BCUT2D eigenvalue weighted by atomic mass is 32.2. The van der Waals surface area contributed by atoms with Crippen LogP contribution in [0.3, 0.4) is 0 Å². The second-order valence-electron chi connectivity index (χ2n) is 7.18. The van der Waals surface area contributed by atoms with E-state index in [1.807, 2.05) is 0 Å². The number of nitrogens with one attached hydrogen (secondary N) is 1. The van der Waals surface area contributed by atoms with Crippen LogP contribution < -0.4 is 10.1 Å². The monoisotopic (exact) mass is 486 g/mol. The summed E-state index contributed by atoms with van der Waals surface area (Å²) in [6.07, 6.45) is -3.12. The Balaban J connectivity index is 1.69. The van der Waals surface area contributed by atoms with E-state index in [0.29, 0.717) is 13.1 Å². The summed E-state index contributed by atoms with van der Waals surface area (Å²) in [7, 11) is -2.60. The van der Waals surface area contributed by atoms with Crippen LogP contribution in [0.1, 0.15) is 28.8 Å². The molecule has 0 bridgehead atoms. The lowest BCUT2D eigenvalue weighted by Crippen LogP contribution is -2.28. The first-order valence-corrected chi connectivity index (χ1v) is 11.3. The van der Waals surface area contributed by atoms with E-state index in [1.54, 1.807) is 0 Å². The van der Waals surface area contributed by atoms with Gasteiger partial charge in [0.2, 0.25) is 10.0 Å². The molecule has 178 valence electrons. The summed E-state index contributed by atoms with van der Waals surface area (Å²) in [5, 5.41) is 2.21. The third-order valence-electron chi connectivity index (χ3n) is 4.89. The lowest BCUT2D eigenvalue weighted by molar-refractivity contribution is -0.137. The van der Waals surface area contributed by atoms with E-state index in [0.717, 1.165) is 37.1 Å². The number of esters is 1. The lowest BCUT2D eigenvalue weighted by atomic mass is 10.2. The van der Waals surface area contributed by atoms with E-state index < -0.39 is 40.2 Å². The number of hydrogen-bond acceptors (Lipinski definition) is 6. The number of ether oxygens (including phenoxy) is 2. The molecule has 8 nitrogen and oxygen atoms in total. The van der Waals surface area contributed by atoms with Crippen molar-refractivity contribution in [2.24, 2.45) is 0 Å². The number of sulfonamides is 1. The maximum absolute atomic E-state index is 12.9. The molecule has 0 aliphatic carbocycles. The predicted octanol–water partition coefficient (Wildman–Crippen LogP) is 3.29. The van der Waals surface area contributed by atoms with Crippen molar-refractivity contribution in [2.45, 2.75) is 23.9 Å². The number of hydrogen-bond donors (Lipinski definition) is 1. The van der Waals surface area contributed by atoms with Crippen LogP contribution in [0.4, 0.5) is 18.9 Å². The first-order chi connectivity index (χ1) is 15.5. The number of methoxy groups -OCH3 is 1. The predicted molar refractivity (Wildman–Crippen MR) is 111 cm³/mol. The maximum Gasteiger partial charge on any atom is 0.416 e. The summed E-state index contributed by atoms with van der Waals surface area (Å²) in [6.45, 7) is -0.0684. The number of alkyl halides is 3. The minimum atomic E-state index is -4.57. The molecule has 1 fully saturated rings. The molecule has 0 unspecified atom stereocenters. The molecule has 0 spiro atoms. The van der Waals surface area contributed by atoms with Crippen LogP contribution in [0.5, 0.6) is 5.75 Å². The summed E-state index contributed by atoms with van der Waals surface area (Å²) in [6, 6.07) is 7.69. The molecule has 33 heavy (non-hydrogen) atoms. The van der Waals surface area contributed by atoms with Crippen molar-refractivity contribution >= 4 is 27.6 Å². The Kier molecular flexibility index (Phi) is 7.28. The molecular formula is C21H21F3N2O6S. The minimum Gasteiger partial charge on any atom is -0.495 e. The van der Waals surface area contributed by atoms with Gasteiger partial charge in [-0.05, 0) is 49.2 Å². The van der Waals surface area contributed by atoms with Gasteiger partial charge in [0.15, 0.2) is 6.61 Å². The zero-order chi connectivity index (χ0) is 24.2. The number of halogens is 3. The Morgan fingerprint density at radius 1 is 1.09 bits per heavy atom. The van der Waals surface area contributed by atoms with Gasteiger partial charge in [-0.2, -0.15) is 17.5 Å². The van der Waals surface area contributed by atoms with Crippen molar-refractivity contribution in [2.75, 3.05) is 32.1 Å². The summed E-state index contributed by atoms with van der Waals surface area (Å²) in [5.41, 5.74) is -1.18. The Morgan fingerprint density at radius 2 is 1.79 bits per heavy atom. The molecule has 1 amide bonds. The van der Waals surface area contributed by atoms with Crippen molar-refractivity contribution in [3.05, 3.63) is 53.6 Å². The van der Waals surface area contributed by atoms with Crippen LogP contribution in [-0.4, -0.2) is 51.4 Å². The van der Waals surface area contributed by atoms with Crippen molar-refractivity contribution < 1.29 is 40.7 Å². The normalized spacial score (nSPS) is 14.7. The Bertz CT molecular complexity index is 1140. The molecule has 1 aliphatic rings. The molecule has 3 rings (SSSR count). The van der Waals surface area contributed by atoms with Crippen LogP contribution in [0.15, 0.2) is 47.4 Å². The first kappa shape index (κ1) is 24.5. The van der Waals surface area contributed by atoms with E-state index in [4.69, 9.17) is 9.47 Å². The molecular weight excluding hydrogens is 465 g/mol. The first-order valence-electron chi connectivity index (χ1n) is 9.85. The van der Waals surface area contributed by atoms with Crippen LogP contribution in [0.2, 0.25) is 0 Å². The summed E-state index contributed by atoms with van der Waals surface area (Å²) < 4.78 is 75.5. The van der Waals surface area contributed by atoms with Crippen molar-refractivity contribution in [1.29, 1.82) is 0 Å². The molecule has 2 aromatic carbocycles. The molecule has 12 heteroatoms. The summed E-state index contributed by atoms with van der Waals surface area (Å²) >= 11 is 0. The van der Waals surface area contributed by atoms with Gasteiger partial charge in [-0.15, -0.1) is 0 Å². The molecule has 0 radical (unpaired) electrons. The van der Waals surface area contributed by atoms with Crippen LogP contribution in [0, 0.1) is 0 Å². The zero-order valence-corrected chi connectivity index (χ0v) is 18.3. The maximum atomic E-state index is 12.9. The van der Waals surface area contributed by atoms with Crippen LogP contribution in [-0.2, 0) is 25.7 Å². The van der Waals surface area contributed by atoms with Crippen molar-refractivity contribution in [3.63, 3.8) is 0 Å². The van der Waals surface area contributed by atoms with Gasteiger partial charge in [0, 0.05) is 18.8 Å². The fraction of sp³-hybridized carbons (Fsp3) is 0.333. The number of anilines is 1. The zero-order valence-electron chi connectivity index (χ0n) is 17.5. The topological polar surface area (TPSA) is 102 Å². The average molecular weight is 486 g/mol. The van der Waals surface area contributed by atoms with Gasteiger partial charge < -0.3 is 14.8 Å². The number of amides is 1. The molecule has 1 N–H and O–H groups in total. The van der Waals surface area contributed by atoms with E-state index in [9.17, 15) is 31.2 Å². The minimum absolute atomic E-state index is 0.0562. The van der Waals surface area contributed by atoms with Crippen molar-refractivity contribution in [3.8, 4) is 5.75 Å². The smallest absolute Gasteiger partial charge is 0.416 e. The van der Waals surface area contributed by atoms with E-state index in [2.05, 4.69) is 5.32 Å². The second-order valence-corrected chi connectivity index (χ2v) is 9.09. The number of carbonyl (C=O) groups excluding carboxylic acids is 2. The second kappa shape index (κ2) is 9.79. The molecule has 2 aromatic rings. The fourth-order valence-corrected chi connectivity index (χ4v) is 4.96. The highest BCUT2D eigenvalue weighted by Gasteiger charge is 2.32. The largest absolute Gasteiger partial charge is 0.495 e. The van der Waals surface area contributed by atoms with Gasteiger partial charge in [-0.25, -0.2) is 13.2 Å². The summed E-state index contributed by atoms with van der Waals surface area (Å²) in [5.74, 6) is -1.78. The lowest BCUT2D eigenvalue weighted by Gasteiger charge is -2.18. The molecule has 0 atom stereocenters. The Labute approximate surface area is 188 Å². The third kappa shape index (κ3) is 5.82. The molecule has 0 aromatic heterocycles. The van der Waals surface area contributed by atoms with Gasteiger partial charge in [-0.3, -0.25) is 4.79 Å². The van der Waals surface area contributed by atoms with Gasteiger partial charge in [-0.1, -0.05) is 6.07 Å². The fourth-order valence-electron chi connectivity index (χ4n) is 3.26. The van der Waals surface area contributed by atoms with E-state index in [1.165, 1.54) is 29.6 Å². The van der Waals surface area contributed by atoms with Crippen LogP contribution >= 0.6 is 0 Å². The highest BCUT2D eigenvalue weighted by molar-refractivity contribution is 7.89.